The van der Waals surface area contributed by atoms with Crippen molar-refractivity contribution in [3.8, 4) is 11.5 Å². The van der Waals surface area contributed by atoms with Crippen LogP contribution in [0.5, 0.6) is 11.5 Å². The number of carbonyl (C=O) groups excluding carboxylic acids is 1. The van der Waals surface area contributed by atoms with Crippen LogP contribution < -0.4 is 20.1 Å². The molecule has 0 aliphatic heterocycles. The van der Waals surface area contributed by atoms with Crippen LogP contribution in [0.2, 0.25) is 5.02 Å². The van der Waals surface area contributed by atoms with E-state index in [2.05, 4.69) is 15.6 Å². The lowest BCUT2D eigenvalue weighted by Gasteiger charge is -2.11. The van der Waals surface area contributed by atoms with E-state index in [1.54, 1.807) is 68.9 Å². The molecule has 0 bridgehead atoms. The van der Waals surface area contributed by atoms with Gasteiger partial charge in [0.15, 0.2) is 11.5 Å². The molecule has 2 N–H and O–H groups in total. The van der Waals surface area contributed by atoms with Gasteiger partial charge < -0.3 is 20.1 Å². The number of hydrogen-bond donors (Lipinski definition) is 2. The van der Waals surface area contributed by atoms with E-state index < -0.39 is 0 Å². The Morgan fingerprint density at radius 2 is 1.78 bits per heavy atom. The van der Waals surface area contributed by atoms with E-state index in [1.807, 2.05) is 6.07 Å². The highest BCUT2D eigenvalue weighted by molar-refractivity contribution is 6.31. The van der Waals surface area contributed by atoms with Crippen LogP contribution in [0.15, 0.2) is 60.8 Å². The van der Waals surface area contributed by atoms with Gasteiger partial charge in [0, 0.05) is 34.2 Å². The minimum absolute atomic E-state index is 0.255. The Labute approximate surface area is 162 Å². The standard InChI is InChI=1S/C20H18ClN3O3/c1-26-17-7-6-16(12-18(17)27-2)23-19-10-13(8-9-22-19)20(25)24-15-5-3-4-14(21)11-15/h3-12H,1-2H3,(H,22,23)(H,24,25). The third-order valence-electron chi connectivity index (χ3n) is 3.76. The first kappa shape index (κ1) is 18.5. The lowest BCUT2D eigenvalue weighted by Crippen LogP contribution is -2.12. The summed E-state index contributed by atoms with van der Waals surface area (Å²) in [5.41, 5.74) is 1.85. The SMILES string of the molecule is COc1ccc(Nc2cc(C(=O)Nc3cccc(Cl)c3)ccn2)cc1OC. The van der Waals surface area contributed by atoms with Crippen molar-refractivity contribution < 1.29 is 14.3 Å². The van der Waals surface area contributed by atoms with Gasteiger partial charge >= 0.3 is 0 Å². The fraction of sp³-hybridized carbons (Fsp3) is 0.100. The van der Waals surface area contributed by atoms with Gasteiger partial charge in [-0.15, -0.1) is 0 Å². The maximum atomic E-state index is 12.5. The molecule has 3 rings (SSSR count). The topological polar surface area (TPSA) is 72.5 Å². The number of rotatable bonds is 6. The minimum Gasteiger partial charge on any atom is -0.493 e. The quantitative estimate of drug-likeness (QED) is 0.642. The summed E-state index contributed by atoms with van der Waals surface area (Å²) in [7, 11) is 3.15. The Balaban J connectivity index is 1.76. The zero-order chi connectivity index (χ0) is 19.2. The van der Waals surface area contributed by atoms with Gasteiger partial charge in [-0.3, -0.25) is 4.79 Å². The molecule has 0 radical (unpaired) electrons. The number of benzene rings is 2. The molecule has 0 aliphatic carbocycles. The molecular weight excluding hydrogens is 366 g/mol. The number of pyridine rings is 1. The summed E-state index contributed by atoms with van der Waals surface area (Å²) in [5.74, 6) is 1.50. The lowest BCUT2D eigenvalue weighted by molar-refractivity contribution is 0.102. The van der Waals surface area contributed by atoms with Crippen molar-refractivity contribution in [1.29, 1.82) is 0 Å². The molecule has 0 unspecified atom stereocenters. The van der Waals surface area contributed by atoms with Crippen LogP contribution in [0.25, 0.3) is 0 Å². The molecule has 0 spiro atoms. The molecule has 1 amide bonds. The summed E-state index contributed by atoms with van der Waals surface area (Å²) in [6.07, 6.45) is 1.57. The Morgan fingerprint density at radius 3 is 2.52 bits per heavy atom. The van der Waals surface area contributed by atoms with Crippen molar-refractivity contribution in [1.82, 2.24) is 4.98 Å². The molecule has 27 heavy (non-hydrogen) atoms. The third-order valence-corrected chi connectivity index (χ3v) is 4.00. The second kappa shape index (κ2) is 8.42. The maximum absolute atomic E-state index is 12.5. The first-order valence-electron chi connectivity index (χ1n) is 8.11. The lowest BCUT2D eigenvalue weighted by atomic mass is 10.2. The van der Waals surface area contributed by atoms with Crippen molar-refractivity contribution in [2.75, 3.05) is 24.9 Å². The minimum atomic E-state index is -0.255. The number of nitrogens with one attached hydrogen (secondary N) is 2. The Hall–Kier alpha value is -3.25. The molecular formula is C20H18ClN3O3. The zero-order valence-electron chi connectivity index (χ0n) is 14.8. The monoisotopic (exact) mass is 383 g/mol. The first-order valence-corrected chi connectivity index (χ1v) is 8.49. The van der Waals surface area contributed by atoms with E-state index in [0.29, 0.717) is 33.6 Å². The van der Waals surface area contributed by atoms with Gasteiger partial charge in [-0.05, 0) is 42.5 Å². The number of methoxy groups -OCH3 is 2. The van der Waals surface area contributed by atoms with Crippen molar-refractivity contribution in [2.24, 2.45) is 0 Å². The molecule has 1 heterocycles. The van der Waals surface area contributed by atoms with E-state index in [4.69, 9.17) is 21.1 Å². The predicted molar refractivity (Wildman–Crippen MR) is 106 cm³/mol. The number of amides is 1. The van der Waals surface area contributed by atoms with Crippen LogP contribution in [-0.4, -0.2) is 25.1 Å². The summed E-state index contributed by atoms with van der Waals surface area (Å²) < 4.78 is 10.5. The van der Waals surface area contributed by atoms with E-state index in [-0.39, 0.29) is 5.91 Å². The van der Waals surface area contributed by atoms with Crippen LogP contribution in [0.1, 0.15) is 10.4 Å². The first-order chi connectivity index (χ1) is 13.1. The van der Waals surface area contributed by atoms with Crippen LogP contribution in [0.3, 0.4) is 0 Å². The fourth-order valence-electron chi connectivity index (χ4n) is 2.47. The van der Waals surface area contributed by atoms with Crippen molar-refractivity contribution in [2.45, 2.75) is 0 Å². The molecule has 138 valence electrons. The normalized spacial score (nSPS) is 10.2. The summed E-state index contributed by atoms with van der Waals surface area (Å²) in [5, 5.41) is 6.51. The highest BCUT2D eigenvalue weighted by Gasteiger charge is 2.09. The highest BCUT2D eigenvalue weighted by atomic mass is 35.5. The van der Waals surface area contributed by atoms with E-state index in [0.717, 1.165) is 5.69 Å². The van der Waals surface area contributed by atoms with Crippen LogP contribution >= 0.6 is 11.6 Å². The molecule has 3 aromatic rings. The molecule has 0 saturated heterocycles. The molecule has 0 fully saturated rings. The number of ether oxygens (including phenoxy) is 2. The molecule has 1 aromatic heterocycles. The summed E-state index contributed by atoms with van der Waals surface area (Å²) in [6.45, 7) is 0. The van der Waals surface area contributed by atoms with Gasteiger partial charge in [0.05, 0.1) is 14.2 Å². The number of carbonyl (C=O) groups is 1. The Bertz CT molecular complexity index is 963. The molecule has 0 atom stereocenters. The van der Waals surface area contributed by atoms with Gasteiger partial charge in [0.2, 0.25) is 0 Å². The van der Waals surface area contributed by atoms with Gasteiger partial charge in [0.1, 0.15) is 5.82 Å². The van der Waals surface area contributed by atoms with Crippen LogP contribution in [0.4, 0.5) is 17.2 Å². The maximum Gasteiger partial charge on any atom is 0.255 e. The number of hydrogen-bond acceptors (Lipinski definition) is 5. The third kappa shape index (κ3) is 4.68. The summed E-state index contributed by atoms with van der Waals surface area (Å²) in [6, 6.07) is 15.7. The average Bonchev–Trinajstić information content (AvgIpc) is 2.68. The molecule has 2 aromatic carbocycles. The van der Waals surface area contributed by atoms with Gasteiger partial charge in [-0.1, -0.05) is 17.7 Å². The number of halogens is 1. The molecule has 0 saturated carbocycles. The Morgan fingerprint density at radius 1 is 0.963 bits per heavy atom. The molecule has 6 nitrogen and oxygen atoms in total. The second-order valence-corrected chi connectivity index (χ2v) is 6.03. The van der Waals surface area contributed by atoms with Gasteiger partial charge in [-0.25, -0.2) is 4.98 Å². The van der Waals surface area contributed by atoms with Gasteiger partial charge in [0.25, 0.3) is 5.91 Å². The largest absolute Gasteiger partial charge is 0.493 e. The summed E-state index contributed by atoms with van der Waals surface area (Å²) in [4.78, 5) is 16.7. The zero-order valence-corrected chi connectivity index (χ0v) is 15.6. The van der Waals surface area contributed by atoms with E-state index in [9.17, 15) is 4.79 Å². The van der Waals surface area contributed by atoms with E-state index in [1.165, 1.54) is 0 Å². The Kier molecular flexibility index (Phi) is 5.78. The smallest absolute Gasteiger partial charge is 0.255 e. The van der Waals surface area contributed by atoms with E-state index >= 15 is 0 Å². The van der Waals surface area contributed by atoms with Gasteiger partial charge in [-0.2, -0.15) is 0 Å². The van der Waals surface area contributed by atoms with Crippen LogP contribution in [0, 0.1) is 0 Å². The number of nitrogens with zero attached hydrogens (tertiary/aromatic N) is 1. The van der Waals surface area contributed by atoms with Crippen LogP contribution in [-0.2, 0) is 0 Å². The predicted octanol–water partition coefficient (Wildman–Crippen LogP) is 4.75. The molecule has 7 heteroatoms. The molecule has 0 aliphatic rings. The summed E-state index contributed by atoms with van der Waals surface area (Å²) >= 11 is 5.95. The second-order valence-electron chi connectivity index (χ2n) is 5.59. The fourth-order valence-corrected chi connectivity index (χ4v) is 2.66. The van der Waals surface area contributed by atoms with Crippen molar-refractivity contribution in [3.63, 3.8) is 0 Å². The number of anilines is 3. The highest BCUT2D eigenvalue weighted by Crippen LogP contribution is 2.30. The average molecular weight is 384 g/mol. The van der Waals surface area contributed by atoms with Crippen molar-refractivity contribution >= 4 is 34.7 Å². The number of aromatic nitrogens is 1. The van der Waals surface area contributed by atoms with Crippen molar-refractivity contribution in [3.05, 3.63) is 71.4 Å².